The summed E-state index contributed by atoms with van der Waals surface area (Å²) < 4.78 is 33.0. The number of pyridine rings is 1. The monoisotopic (exact) mass is 389 g/mol. The van der Waals surface area contributed by atoms with E-state index < -0.39 is 10.0 Å². The fraction of sp³-hybridized carbons (Fsp3) is 0.368. The van der Waals surface area contributed by atoms with Gasteiger partial charge in [0.15, 0.2) is 0 Å². The van der Waals surface area contributed by atoms with Crippen LogP contribution in [0.4, 0.5) is 5.69 Å². The first-order chi connectivity index (χ1) is 12.9. The third-order valence-electron chi connectivity index (χ3n) is 4.36. The summed E-state index contributed by atoms with van der Waals surface area (Å²) in [7, 11) is -3.68. The number of aromatic nitrogens is 1. The SMILES string of the molecule is CCOc1ccc(NC(=O)c2ccc(C)nc2)cc1S(=O)(=O)N1CCCC1. The van der Waals surface area contributed by atoms with Crippen molar-refractivity contribution in [1.29, 1.82) is 0 Å². The highest BCUT2D eigenvalue weighted by Crippen LogP contribution is 2.31. The van der Waals surface area contributed by atoms with Crippen molar-refractivity contribution in [3.8, 4) is 5.75 Å². The first-order valence-electron chi connectivity index (χ1n) is 8.93. The van der Waals surface area contributed by atoms with Gasteiger partial charge in [-0.25, -0.2) is 8.42 Å². The number of ether oxygens (including phenoxy) is 1. The zero-order chi connectivity index (χ0) is 19.4. The maximum absolute atomic E-state index is 13.0. The van der Waals surface area contributed by atoms with E-state index >= 15 is 0 Å². The molecule has 0 bridgehead atoms. The van der Waals surface area contributed by atoms with Gasteiger partial charge in [0.25, 0.3) is 5.91 Å². The Hall–Kier alpha value is -2.45. The van der Waals surface area contributed by atoms with Gasteiger partial charge in [0, 0.05) is 30.7 Å². The molecule has 1 fully saturated rings. The molecule has 0 aliphatic carbocycles. The zero-order valence-electron chi connectivity index (χ0n) is 15.4. The van der Waals surface area contributed by atoms with Crippen LogP contribution in [0.25, 0.3) is 0 Å². The minimum atomic E-state index is -3.68. The molecule has 0 spiro atoms. The molecule has 1 aromatic heterocycles. The van der Waals surface area contributed by atoms with E-state index in [1.807, 2.05) is 6.92 Å². The summed E-state index contributed by atoms with van der Waals surface area (Å²) in [5.74, 6) is -0.0596. The molecule has 1 aromatic carbocycles. The fourth-order valence-electron chi connectivity index (χ4n) is 2.94. The summed E-state index contributed by atoms with van der Waals surface area (Å²) in [4.78, 5) is 16.6. The zero-order valence-corrected chi connectivity index (χ0v) is 16.3. The Balaban J connectivity index is 1.91. The van der Waals surface area contributed by atoms with E-state index in [0.717, 1.165) is 18.5 Å². The average Bonchev–Trinajstić information content (AvgIpc) is 3.19. The minimum Gasteiger partial charge on any atom is -0.492 e. The second-order valence-corrected chi connectivity index (χ2v) is 8.25. The first-order valence-corrected chi connectivity index (χ1v) is 10.4. The molecule has 8 heteroatoms. The Kier molecular flexibility index (Phi) is 5.76. The number of amides is 1. The van der Waals surface area contributed by atoms with Gasteiger partial charge < -0.3 is 10.1 Å². The number of carbonyl (C=O) groups excluding carboxylic acids is 1. The maximum atomic E-state index is 13.0. The Labute approximate surface area is 159 Å². The lowest BCUT2D eigenvalue weighted by molar-refractivity contribution is 0.102. The van der Waals surface area contributed by atoms with Gasteiger partial charge in [-0.05, 0) is 57.0 Å². The van der Waals surface area contributed by atoms with Crippen molar-refractivity contribution in [3.05, 3.63) is 47.8 Å². The van der Waals surface area contributed by atoms with Crippen LogP contribution in [0.2, 0.25) is 0 Å². The number of aryl methyl sites for hydroxylation is 1. The van der Waals surface area contributed by atoms with E-state index in [1.54, 1.807) is 31.2 Å². The smallest absolute Gasteiger partial charge is 0.257 e. The molecule has 7 nitrogen and oxygen atoms in total. The van der Waals surface area contributed by atoms with Crippen molar-refractivity contribution in [1.82, 2.24) is 9.29 Å². The van der Waals surface area contributed by atoms with Crippen molar-refractivity contribution >= 4 is 21.6 Å². The Morgan fingerprint density at radius 2 is 1.96 bits per heavy atom. The van der Waals surface area contributed by atoms with Crippen molar-refractivity contribution in [3.63, 3.8) is 0 Å². The number of anilines is 1. The van der Waals surface area contributed by atoms with Gasteiger partial charge >= 0.3 is 0 Å². The molecule has 0 unspecified atom stereocenters. The minimum absolute atomic E-state index is 0.0751. The largest absolute Gasteiger partial charge is 0.492 e. The van der Waals surface area contributed by atoms with E-state index in [-0.39, 0.29) is 10.8 Å². The molecule has 3 rings (SSSR count). The number of sulfonamides is 1. The van der Waals surface area contributed by atoms with Gasteiger partial charge in [0.2, 0.25) is 10.0 Å². The molecule has 0 saturated carbocycles. The van der Waals surface area contributed by atoms with Crippen LogP contribution in [-0.2, 0) is 10.0 Å². The summed E-state index contributed by atoms with van der Waals surface area (Å²) in [6.07, 6.45) is 3.18. The lowest BCUT2D eigenvalue weighted by Gasteiger charge is -2.19. The number of rotatable bonds is 6. The molecular weight excluding hydrogens is 366 g/mol. The molecule has 1 amide bonds. The van der Waals surface area contributed by atoms with Gasteiger partial charge in [0.05, 0.1) is 12.2 Å². The molecule has 1 N–H and O–H groups in total. The van der Waals surface area contributed by atoms with Crippen LogP contribution >= 0.6 is 0 Å². The van der Waals surface area contributed by atoms with Gasteiger partial charge in [-0.15, -0.1) is 0 Å². The van der Waals surface area contributed by atoms with Crippen LogP contribution in [-0.4, -0.2) is 43.3 Å². The number of hydrogen-bond donors (Lipinski definition) is 1. The number of hydrogen-bond acceptors (Lipinski definition) is 5. The third-order valence-corrected chi connectivity index (χ3v) is 6.28. The number of carbonyl (C=O) groups is 1. The molecule has 2 aromatic rings. The molecular formula is C19H23N3O4S. The van der Waals surface area contributed by atoms with E-state index in [0.29, 0.717) is 36.7 Å². The van der Waals surface area contributed by atoms with Gasteiger partial charge in [-0.3, -0.25) is 9.78 Å². The molecule has 27 heavy (non-hydrogen) atoms. The molecule has 2 heterocycles. The van der Waals surface area contributed by atoms with Crippen LogP contribution in [0.3, 0.4) is 0 Å². The van der Waals surface area contributed by atoms with Crippen LogP contribution in [0, 0.1) is 6.92 Å². The van der Waals surface area contributed by atoms with Gasteiger partial charge in [0.1, 0.15) is 10.6 Å². The van der Waals surface area contributed by atoms with Crippen LogP contribution < -0.4 is 10.1 Å². The molecule has 144 valence electrons. The number of benzene rings is 1. The highest BCUT2D eigenvalue weighted by Gasteiger charge is 2.30. The van der Waals surface area contributed by atoms with Crippen LogP contribution in [0.15, 0.2) is 41.4 Å². The standard InChI is InChI=1S/C19H23N3O4S/c1-3-26-17-9-8-16(21-19(23)15-7-6-14(2)20-13-15)12-18(17)27(24,25)22-10-4-5-11-22/h6-9,12-13H,3-5,10-11H2,1-2H3,(H,21,23). The number of nitrogens with one attached hydrogen (secondary N) is 1. The maximum Gasteiger partial charge on any atom is 0.257 e. The molecule has 0 atom stereocenters. The predicted molar refractivity (Wildman–Crippen MR) is 103 cm³/mol. The van der Waals surface area contributed by atoms with Crippen LogP contribution in [0.1, 0.15) is 35.8 Å². The van der Waals surface area contributed by atoms with Crippen LogP contribution in [0.5, 0.6) is 5.75 Å². The fourth-order valence-corrected chi connectivity index (χ4v) is 4.61. The quantitative estimate of drug-likeness (QED) is 0.821. The van der Waals surface area contributed by atoms with E-state index in [9.17, 15) is 13.2 Å². The van der Waals surface area contributed by atoms with E-state index in [2.05, 4.69) is 10.3 Å². The summed E-state index contributed by atoms with van der Waals surface area (Å²) >= 11 is 0. The highest BCUT2D eigenvalue weighted by atomic mass is 32.2. The summed E-state index contributed by atoms with van der Waals surface area (Å²) in [6.45, 7) is 4.98. The van der Waals surface area contributed by atoms with Crippen molar-refractivity contribution in [2.45, 2.75) is 31.6 Å². The summed E-state index contributed by atoms with van der Waals surface area (Å²) in [5.41, 5.74) is 1.60. The molecule has 0 radical (unpaired) electrons. The van der Waals surface area contributed by atoms with Crippen molar-refractivity contribution < 1.29 is 17.9 Å². The summed E-state index contributed by atoms with van der Waals surface area (Å²) in [5, 5.41) is 2.73. The van der Waals surface area contributed by atoms with E-state index in [1.165, 1.54) is 16.6 Å². The third kappa shape index (κ3) is 4.28. The molecule has 1 saturated heterocycles. The second kappa shape index (κ2) is 8.06. The van der Waals surface area contributed by atoms with Crippen molar-refractivity contribution in [2.24, 2.45) is 0 Å². The summed E-state index contributed by atoms with van der Waals surface area (Å²) in [6, 6.07) is 8.09. The van der Waals surface area contributed by atoms with Gasteiger partial charge in [-0.1, -0.05) is 0 Å². The Bertz CT molecular complexity index is 920. The van der Waals surface area contributed by atoms with E-state index in [4.69, 9.17) is 4.74 Å². The Morgan fingerprint density at radius 3 is 2.59 bits per heavy atom. The second-order valence-electron chi connectivity index (χ2n) is 6.35. The topological polar surface area (TPSA) is 88.6 Å². The lowest BCUT2D eigenvalue weighted by Crippen LogP contribution is -2.28. The first kappa shape index (κ1) is 19.3. The Morgan fingerprint density at radius 1 is 1.22 bits per heavy atom. The average molecular weight is 389 g/mol. The van der Waals surface area contributed by atoms with Crippen molar-refractivity contribution in [2.75, 3.05) is 25.0 Å². The predicted octanol–water partition coefficient (Wildman–Crippen LogP) is 2.83. The molecule has 1 aliphatic heterocycles. The number of nitrogens with zero attached hydrogens (tertiary/aromatic N) is 2. The lowest BCUT2D eigenvalue weighted by atomic mass is 10.2. The highest BCUT2D eigenvalue weighted by molar-refractivity contribution is 7.89. The molecule has 1 aliphatic rings. The van der Waals surface area contributed by atoms with Gasteiger partial charge in [-0.2, -0.15) is 4.31 Å². The normalized spacial score (nSPS) is 14.9.